The molecule has 0 aliphatic heterocycles. The van der Waals surface area contributed by atoms with Crippen LogP contribution in [0.5, 0.6) is 0 Å². The predicted molar refractivity (Wildman–Crippen MR) is 61.8 cm³/mol. The minimum absolute atomic E-state index is 0.355. The first-order valence-electron chi connectivity index (χ1n) is 4.74. The van der Waals surface area contributed by atoms with Crippen LogP contribution in [0.15, 0.2) is 36.7 Å². The van der Waals surface area contributed by atoms with Crippen molar-refractivity contribution in [1.29, 1.82) is 0 Å². The van der Waals surface area contributed by atoms with Gasteiger partial charge in [0.25, 0.3) is 0 Å². The quantitative estimate of drug-likeness (QED) is 0.724. The summed E-state index contributed by atoms with van der Waals surface area (Å²) in [6.45, 7) is 2.07. The lowest BCUT2D eigenvalue weighted by molar-refractivity contribution is 1.03. The number of aryl methyl sites for hydroxylation is 1. The topological polar surface area (TPSA) is 25.8 Å². The van der Waals surface area contributed by atoms with Gasteiger partial charge in [0.05, 0.1) is 5.88 Å². The number of hydrogen-bond acceptors (Lipinski definition) is 2. The lowest BCUT2D eigenvalue weighted by Gasteiger charge is -2.04. The van der Waals surface area contributed by atoms with Crippen LogP contribution in [0.1, 0.15) is 11.4 Å². The molecule has 0 radical (unpaired) electrons. The van der Waals surface area contributed by atoms with Crippen molar-refractivity contribution >= 4 is 11.6 Å². The van der Waals surface area contributed by atoms with Gasteiger partial charge in [0.2, 0.25) is 0 Å². The first-order chi connectivity index (χ1) is 7.31. The highest BCUT2D eigenvalue weighted by atomic mass is 35.5. The van der Waals surface area contributed by atoms with E-state index in [1.54, 1.807) is 0 Å². The Balaban J connectivity index is 2.42. The minimum atomic E-state index is 0.355. The Morgan fingerprint density at radius 2 is 1.80 bits per heavy atom. The normalized spacial score (nSPS) is 10.3. The van der Waals surface area contributed by atoms with Crippen LogP contribution in [-0.4, -0.2) is 9.97 Å². The second-order valence-corrected chi connectivity index (χ2v) is 3.60. The van der Waals surface area contributed by atoms with Crippen molar-refractivity contribution < 1.29 is 0 Å². The maximum Gasteiger partial charge on any atom is 0.142 e. The van der Waals surface area contributed by atoms with E-state index in [4.69, 9.17) is 11.6 Å². The molecule has 15 heavy (non-hydrogen) atoms. The van der Waals surface area contributed by atoms with Crippen LogP contribution < -0.4 is 0 Å². The summed E-state index contributed by atoms with van der Waals surface area (Å²) in [6.07, 6.45) is 3.63. The summed E-state index contributed by atoms with van der Waals surface area (Å²) < 4.78 is 0. The summed E-state index contributed by atoms with van der Waals surface area (Å²) >= 11 is 5.63. The van der Waals surface area contributed by atoms with E-state index < -0.39 is 0 Å². The molecular weight excluding hydrogens is 208 g/mol. The molecule has 0 saturated heterocycles. The number of halogens is 1. The van der Waals surface area contributed by atoms with E-state index in [2.05, 4.69) is 29.0 Å². The SMILES string of the molecule is Cc1ccccc1-c1cnc(CCl)nc1. The standard InChI is InChI=1S/C12H11ClN2/c1-9-4-2-3-5-11(9)10-7-14-12(6-13)15-8-10/h2-5,7-8H,6H2,1H3. The van der Waals surface area contributed by atoms with E-state index in [1.807, 2.05) is 24.5 Å². The van der Waals surface area contributed by atoms with E-state index in [1.165, 1.54) is 11.1 Å². The van der Waals surface area contributed by atoms with Gasteiger partial charge in [-0.05, 0) is 18.1 Å². The third-order valence-electron chi connectivity index (χ3n) is 2.28. The number of rotatable bonds is 2. The summed E-state index contributed by atoms with van der Waals surface area (Å²) in [5.41, 5.74) is 3.42. The molecule has 0 amide bonds. The number of hydrogen-bond donors (Lipinski definition) is 0. The van der Waals surface area contributed by atoms with Crippen molar-refractivity contribution in [3.05, 3.63) is 48.0 Å². The first kappa shape index (κ1) is 10.1. The average molecular weight is 219 g/mol. The highest BCUT2D eigenvalue weighted by molar-refractivity contribution is 6.16. The molecule has 3 heteroatoms. The summed E-state index contributed by atoms with van der Waals surface area (Å²) in [4.78, 5) is 8.34. The molecule has 2 rings (SSSR count). The Bertz CT molecular complexity index is 451. The van der Waals surface area contributed by atoms with Gasteiger partial charge in [0.15, 0.2) is 0 Å². The van der Waals surface area contributed by atoms with Crippen LogP contribution in [0.25, 0.3) is 11.1 Å². The predicted octanol–water partition coefficient (Wildman–Crippen LogP) is 3.19. The Labute approximate surface area is 94.0 Å². The van der Waals surface area contributed by atoms with Gasteiger partial charge < -0.3 is 0 Å². The van der Waals surface area contributed by atoms with Gasteiger partial charge in [-0.3, -0.25) is 0 Å². The summed E-state index contributed by atoms with van der Waals surface area (Å²) in [5.74, 6) is 1.02. The largest absolute Gasteiger partial charge is 0.239 e. The second-order valence-electron chi connectivity index (χ2n) is 3.34. The van der Waals surface area contributed by atoms with Crippen LogP contribution in [0.3, 0.4) is 0 Å². The third-order valence-corrected chi connectivity index (χ3v) is 2.52. The minimum Gasteiger partial charge on any atom is -0.239 e. The van der Waals surface area contributed by atoms with Crippen molar-refractivity contribution in [3.8, 4) is 11.1 Å². The van der Waals surface area contributed by atoms with E-state index in [-0.39, 0.29) is 0 Å². The third kappa shape index (κ3) is 2.16. The molecule has 0 aliphatic rings. The Morgan fingerprint density at radius 1 is 1.13 bits per heavy atom. The first-order valence-corrected chi connectivity index (χ1v) is 5.27. The lowest BCUT2D eigenvalue weighted by atomic mass is 10.0. The number of aromatic nitrogens is 2. The molecule has 0 aliphatic carbocycles. The number of nitrogens with zero attached hydrogens (tertiary/aromatic N) is 2. The maximum atomic E-state index is 5.63. The molecule has 0 fully saturated rings. The molecule has 0 unspecified atom stereocenters. The van der Waals surface area contributed by atoms with Gasteiger partial charge in [0, 0.05) is 18.0 Å². The highest BCUT2D eigenvalue weighted by Gasteiger charge is 2.01. The summed E-state index contributed by atoms with van der Waals surface area (Å²) in [5, 5.41) is 0. The maximum absolute atomic E-state index is 5.63. The van der Waals surface area contributed by atoms with Gasteiger partial charge >= 0.3 is 0 Å². The molecule has 0 saturated carbocycles. The average Bonchev–Trinajstić information content (AvgIpc) is 2.30. The molecule has 0 bridgehead atoms. The Hall–Kier alpha value is -1.41. The smallest absolute Gasteiger partial charge is 0.142 e. The van der Waals surface area contributed by atoms with Crippen molar-refractivity contribution in [2.75, 3.05) is 0 Å². The van der Waals surface area contributed by atoms with Crippen molar-refractivity contribution in [2.24, 2.45) is 0 Å². The van der Waals surface area contributed by atoms with Gasteiger partial charge in [0.1, 0.15) is 5.82 Å². The van der Waals surface area contributed by atoms with Crippen molar-refractivity contribution in [1.82, 2.24) is 9.97 Å². The molecule has 1 aromatic heterocycles. The molecule has 1 aromatic carbocycles. The number of benzene rings is 1. The zero-order valence-corrected chi connectivity index (χ0v) is 9.20. The van der Waals surface area contributed by atoms with Gasteiger partial charge in [-0.1, -0.05) is 24.3 Å². The van der Waals surface area contributed by atoms with Crippen LogP contribution in [0.4, 0.5) is 0 Å². The fourth-order valence-electron chi connectivity index (χ4n) is 1.46. The zero-order chi connectivity index (χ0) is 10.7. The zero-order valence-electron chi connectivity index (χ0n) is 8.44. The van der Waals surface area contributed by atoms with Crippen LogP contribution in [-0.2, 0) is 5.88 Å². The van der Waals surface area contributed by atoms with Crippen LogP contribution in [0, 0.1) is 6.92 Å². The fraction of sp³-hybridized carbons (Fsp3) is 0.167. The van der Waals surface area contributed by atoms with Gasteiger partial charge in [-0.25, -0.2) is 9.97 Å². The molecule has 0 spiro atoms. The van der Waals surface area contributed by atoms with E-state index in [0.29, 0.717) is 11.7 Å². The molecule has 2 nitrogen and oxygen atoms in total. The monoisotopic (exact) mass is 218 g/mol. The van der Waals surface area contributed by atoms with Crippen LogP contribution >= 0.6 is 11.6 Å². The molecule has 76 valence electrons. The number of alkyl halides is 1. The molecule has 0 atom stereocenters. The molecule has 0 N–H and O–H groups in total. The lowest BCUT2D eigenvalue weighted by Crippen LogP contribution is -1.91. The summed E-state index contributed by atoms with van der Waals surface area (Å²) in [7, 11) is 0. The van der Waals surface area contributed by atoms with Gasteiger partial charge in [-0.15, -0.1) is 11.6 Å². The molecule has 2 aromatic rings. The van der Waals surface area contributed by atoms with E-state index >= 15 is 0 Å². The fourth-order valence-corrected chi connectivity index (χ4v) is 1.60. The molecule has 1 heterocycles. The Morgan fingerprint density at radius 3 is 2.40 bits per heavy atom. The van der Waals surface area contributed by atoms with E-state index in [0.717, 1.165) is 5.56 Å². The van der Waals surface area contributed by atoms with Gasteiger partial charge in [-0.2, -0.15) is 0 Å². The summed E-state index contributed by atoms with van der Waals surface area (Å²) in [6, 6.07) is 8.17. The second kappa shape index (κ2) is 4.41. The van der Waals surface area contributed by atoms with Crippen LogP contribution in [0.2, 0.25) is 0 Å². The Kier molecular flexibility index (Phi) is 2.97. The van der Waals surface area contributed by atoms with Crippen molar-refractivity contribution in [3.63, 3.8) is 0 Å². The van der Waals surface area contributed by atoms with E-state index in [9.17, 15) is 0 Å². The van der Waals surface area contributed by atoms with Crippen molar-refractivity contribution in [2.45, 2.75) is 12.8 Å². The highest BCUT2D eigenvalue weighted by Crippen LogP contribution is 2.21. The molecular formula is C12H11ClN2.